The molecule has 0 unspecified atom stereocenters. The molecule has 0 radical (unpaired) electrons. The molecule has 0 saturated heterocycles. The predicted octanol–water partition coefficient (Wildman–Crippen LogP) is 0.741. The summed E-state index contributed by atoms with van der Waals surface area (Å²) in [5.41, 5.74) is 0. The highest BCUT2D eigenvalue weighted by Gasteiger charge is 2.27. The molecule has 4 nitrogen and oxygen atoms in total. The van der Waals surface area contributed by atoms with Crippen molar-refractivity contribution in [3.63, 3.8) is 0 Å². The number of sulfone groups is 1. The molecule has 16 heavy (non-hydrogen) atoms. The molecule has 0 aromatic rings. The molecule has 0 aromatic heterocycles. The van der Waals surface area contributed by atoms with Crippen molar-refractivity contribution in [3.8, 4) is 0 Å². The van der Waals surface area contributed by atoms with Gasteiger partial charge in [0.25, 0.3) is 0 Å². The van der Waals surface area contributed by atoms with Crippen LogP contribution in [-0.2, 0) is 9.84 Å². The molecule has 0 aliphatic heterocycles. The maximum atomic E-state index is 11.7. The molecule has 0 atom stereocenters. The molecular formula is C11H26N2O2S. The Morgan fingerprint density at radius 2 is 1.69 bits per heavy atom. The lowest BCUT2D eigenvalue weighted by molar-refractivity contribution is 0.395. The first kappa shape index (κ1) is 15.9. The molecule has 98 valence electrons. The second-order valence-corrected chi connectivity index (χ2v) is 8.20. The molecule has 0 fully saturated rings. The van der Waals surface area contributed by atoms with Crippen LogP contribution in [0.2, 0.25) is 0 Å². The second-order valence-electron chi connectivity index (χ2n) is 5.34. The van der Waals surface area contributed by atoms with Gasteiger partial charge in [0, 0.05) is 6.54 Å². The van der Waals surface area contributed by atoms with Gasteiger partial charge in [0.1, 0.15) is 0 Å². The first-order chi connectivity index (χ1) is 7.17. The van der Waals surface area contributed by atoms with E-state index in [0.29, 0.717) is 6.54 Å². The largest absolute Gasteiger partial charge is 0.316 e. The molecule has 0 aromatic carbocycles. The average Bonchev–Trinajstić information content (AvgIpc) is 2.08. The minimum atomic E-state index is -2.97. The minimum absolute atomic E-state index is 0.221. The smallest absolute Gasteiger partial charge is 0.156 e. The minimum Gasteiger partial charge on any atom is -0.316 e. The standard InChI is InChI=1S/C11H26N2O2S/c1-11(2,3)16(14,15)10-8-12-7-6-9-13(4)5/h12H,6-10H2,1-5H3. The van der Waals surface area contributed by atoms with Crippen LogP contribution in [0.4, 0.5) is 0 Å². The van der Waals surface area contributed by atoms with Crippen LogP contribution in [0.25, 0.3) is 0 Å². The van der Waals surface area contributed by atoms with E-state index in [2.05, 4.69) is 10.2 Å². The number of nitrogens with zero attached hydrogens (tertiary/aromatic N) is 1. The Bertz CT molecular complexity index is 279. The van der Waals surface area contributed by atoms with Gasteiger partial charge in [-0.2, -0.15) is 0 Å². The van der Waals surface area contributed by atoms with E-state index in [9.17, 15) is 8.42 Å². The summed E-state index contributed by atoms with van der Waals surface area (Å²) in [6, 6.07) is 0. The van der Waals surface area contributed by atoms with Gasteiger partial charge in [-0.25, -0.2) is 8.42 Å². The van der Waals surface area contributed by atoms with Crippen molar-refractivity contribution in [2.24, 2.45) is 0 Å². The van der Waals surface area contributed by atoms with Gasteiger partial charge in [0.2, 0.25) is 0 Å². The van der Waals surface area contributed by atoms with Gasteiger partial charge in [0.15, 0.2) is 9.84 Å². The van der Waals surface area contributed by atoms with E-state index >= 15 is 0 Å². The van der Waals surface area contributed by atoms with Gasteiger partial charge in [0.05, 0.1) is 10.5 Å². The van der Waals surface area contributed by atoms with Crippen LogP contribution in [0, 0.1) is 0 Å². The molecule has 0 rings (SSSR count). The zero-order valence-corrected chi connectivity index (χ0v) is 12.0. The van der Waals surface area contributed by atoms with Gasteiger partial charge in [-0.05, 0) is 54.4 Å². The Hall–Kier alpha value is -0.130. The zero-order valence-electron chi connectivity index (χ0n) is 11.2. The van der Waals surface area contributed by atoms with Gasteiger partial charge in [-0.1, -0.05) is 0 Å². The Kier molecular flexibility index (Phi) is 6.51. The number of rotatable bonds is 7. The van der Waals surface area contributed by atoms with Gasteiger partial charge in [-0.15, -0.1) is 0 Å². The fourth-order valence-corrected chi connectivity index (χ4v) is 2.18. The molecule has 0 heterocycles. The molecular weight excluding hydrogens is 224 g/mol. The Morgan fingerprint density at radius 3 is 2.12 bits per heavy atom. The predicted molar refractivity (Wildman–Crippen MR) is 69.6 cm³/mol. The third kappa shape index (κ3) is 6.45. The van der Waals surface area contributed by atoms with Crippen LogP contribution in [0.1, 0.15) is 27.2 Å². The average molecular weight is 250 g/mol. The third-order valence-corrected chi connectivity index (χ3v) is 5.05. The van der Waals surface area contributed by atoms with Gasteiger partial charge >= 0.3 is 0 Å². The van der Waals surface area contributed by atoms with Crippen molar-refractivity contribution >= 4 is 9.84 Å². The molecule has 1 N–H and O–H groups in total. The van der Waals surface area contributed by atoms with Crippen molar-refractivity contribution in [3.05, 3.63) is 0 Å². The molecule has 0 saturated carbocycles. The lowest BCUT2D eigenvalue weighted by atomic mass is 10.3. The van der Waals surface area contributed by atoms with Crippen LogP contribution in [0.3, 0.4) is 0 Å². The monoisotopic (exact) mass is 250 g/mol. The normalized spacial score (nSPS) is 13.4. The summed E-state index contributed by atoms with van der Waals surface area (Å²) < 4.78 is 22.8. The van der Waals surface area contributed by atoms with Crippen LogP contribution in [0.15, 0.2) is 0 Å². The van der Waals surface area contributed by atoms with Crippen molar-refractivity contribution in [1.82, 2.24) is 10.2 Å². The van der Waals surface area contributed by atoms with Gasteiger partial charge < -0.3 is 10.2 Å². The Morgan fingerprint density at radius 1 is 1.12 bits per heavy atom. The summed E-state index contributed by atoms with van der Waals surface area (Å²) in [6.07, 6.45) is 1.04. The summed E-state index contributed by atoms with van der Waals surface area (Å²) >= 11 is 0. The van der Waals surface area contributed by atoms with E-state index in [0.717, 1.165) is 19.5 Å². The third-order valence-electron chi connectivity index (χ3n) is 2.44. The molecule has 5 heteroatoms. The molecule has 0 amide bonds. The number of hydrogen-bond donors (Lipinski definition) is 1. The van der Waals surface area contributed by atoms with Gasteiger partial charge in [-0.3, -0.25) is 0 Å². The van der Waals surface area contributed by atoms with Crippen molar-refractivity contribution in [1.29, 1.82) is 0 Å². The highest BCUT2D eigenvalue weighted by molar-refractivity contribution is 7.92. The highest BCUT2D eigenvalue weighted by atomic mass is 32.2. The number of hydrogen-bond acceptors (Lipinski definition) is 4. The topological polar surface area (TPSA) is 49.4 Å². The van der Waals surface area contributed by atoms with Crippen molar-refractivity contribution in [2.75, 3.05) is 39.5 Å². The van der Waals surface area contributed by atoms with Crippen molar-refractivity contribution in [2.45, 2.75) is 31.9 Å². The SMILES string of the molecule is CN(C)CCCNCCS(=O)(=O)C(C)(C)C. The first-order valence-electron chi connectivity index (χ1n) is 5.74. The zero-order chi connectivity index (χ0) is 12.8. The van der Waals surface area contributed by atoms with E-state index in [4.69, 9.17) is 0 Å². The lowest BCUT2D eigenvalue weighted by Gasteiger charge is -2.19. The summed E-state index contributed by atoms with van der Waals surface area (Å²) in [4.78, 5) is 2.12. The molecule has 0 aliphatic carbocycles. The van der Waals surface area contributed by atoms with E-state index < -0.39 is 14.6 Å². The summed E-state index contributed by atoms with van der Waals surface area (Å²) in [7, 11) is 1.09. The molecule has 0 spiro atoms. The lowest BCUT2D eigenvalue weighted by Crippen LogP contribution is -2.35. The molecule has 0 bridgehead atoms. The van der Waals surface area contributed by atoms with Crippen molar-refractivity contribution < 1.29 is 8.42 Å². The maximum Gasteiger partial charge on any atom is 0.156 e. The van der Waals surface area contributed by atoms with Crippen LogP contribution >= 0.6 is 0 Å². The maximum absolute atomic E-state index is 11.7. The van der Waals surface area contributed by atoms with E-state index in [1.54, 1.807) is 20.8 Å². The summed E-state index contributed by atoms with van der Waals surface area (Å²) in [6.45, 7) is 7.68. The summed E-state index contributed by atoms with van der Waals surface area (Å²) in [5.74, 6) is 0.221. The fraction of sp³-hybridized carbons (Fsp3) is 1.00. The Labute approximate surface area is 100 Å². The second kappa shape index (κ2) is 6.57. The van der Waals surface area contributed by atoms with Crippen LogP contribution in [-0.4, -0.2) is 57.5 Å². The first-order valence-corrected chi connectivity index (χ1v) is 7.40. The van der Waals surface area contributed by atoms with E-state index in [-0.39, 0.29) is 5.75 Å². The molecule has 0 aliphatic rings. The highest BCUT2D eigenvalue weighted by Crippen LogP contribution is 2.14. The van der Waals surface area contributed by atoms with E-state index in [1.807, 2.05) is 14.1 Å². The quantitative estimate of drug-likeness (QED) is 0.677. The van der Waals surface area contributed by atoms with E-state index in [1.165, 1.54) is 0 Å². The van der Waals surface area contributed by atoms with Crippen LogP contribution in [0.5, 0.6) is 0 Å². The van der Waals surface area contributed by atoms with Crippen LogP contribution < -0.4 is 5.32 Å². The fourth-order valence-electron chi connectivity index (χ4n) is 1.16. The Balaban J connectivity index is 3.68. The number of nitrogens with one attached hydrogen (secondary N) is 1. The summed E-state index contributed by atoms with van der Waals surface area (Å²) in [5, 5.41) is 3.16.